The quantitative estimate of drug-likeness (QED) is 0.587. The third-order valence-corrected chi connectivity index (χ3v) is 6.34. The highest BCUT2D eigenvalue weighted by molar-refractivity contribution is 7.91. The number of pyridine rings is 1. The van der Waals surface area contributed by atoms with Gasteiger partial charge in [0.15, 0.2) is 9.84 Å². The molecule has 2 aliphatic rings. The first-order valence-electron chi connectivity index (χ1n) is 7.66. The molecule has 0 amide bonds. The van der Waals surface area contributed by atoms with Gasteiger partial charge in [0.25, 0.3) is 5.69 Å². The fourth-order valence-corrected chi connectivity index (χ4v) is 5.11. The van der Waals surface area contributed by atoms with Crippen LogP contribution in [0, 0.1) is 17.0 Å². The Bertz CT molecular complexity index is 713. The van der Waals surface area contributed by atoms with Crippen LogP contribution in [0.15, 0.2) is 12.3 Å². The van der Waals surface area contributed by atoms with E-state index in [2.05, 4.69) is 14.8 Å². The number of piperazine rings is 1. The van der Waals surface area contributed by atoms with Gasteiger partial charge in [-0.15, -0.1) is 0 Å². The number of hydrogen-bond donors (Lipinski definition) is 0. The molecule has 0 bridgehead atoms. The van der Waals surface area contributed by atoms with E-state index in [4.69, 9.17) is 0 Å². The van der Waals surface area contributed by atoms with Crippen LogP contribution < -0.4 is 4.90 Å². The summed E-state index contributed by atoms with van der Waals surface area (Å²) in [5, 5.41) is 10.8. The fraction of sp³-hybridized carbons (Fsp3) is 0.643. The Kier molecular flexibility index (Phi) is 4.24. The van der Waals surface area contributed by atoms with Crippen molar-refractivity contribution in [2.24, 2.45) is 0 Å². The minimum atomic E-state index is -2.86. The normalized spacial score (nSPS) is 24.7. The van der Waals surface area contributed by atoms with Gasteiger partial charge >= 0.3 is 0 Å². The van der Waals surface area contributed by atoms with Crippen LogP contribution in [-0.2, 0) is 9.84 Å². The molecule has 0 radical (unpaired) electrons. The van der Waals surface area contributed by atoms with Gasteiger partial charge in [-0.3, -0.25) is 15.0 Å². The second kappa shape index (κ2) is 6.04. The first-order valence-corrected chi connectivity index (χ1v) is 9.48. The lowest BCUT2D eigenvalue weighted by molar-refractivity contribution is -0.385. The number of anilines is 1. The molecule has 0 aromatic carbocycles. The molecule has 2 aliphatic heterocycles. The molecule has 8 nitrogen and oxygen atoms in total. The van der Waals surface area contributed by atoms with Crippen molar-refractivity contribution in [1.82, 2.24) is 9.88 Å². The van der Waals surface area contributed by atoms with Gasteiger partial charge in [0.05, 0.1) is 16.4 Å². The zero-order valence-corrected chi connectivity index (χ0v) is 13.8. The monoisotopic (exact) mass is 340 g/mol. The Labute approximate surface area is 135 Å². The fourth-order valence-electron chi connectivity index (χ4n) is 3.35. The summed E-state index contributed by atoms with van der Waals surface area (Å²) in [5.74, 6) is 1.33. The topological polar surface area (TPSA) is 96.7 Å². The first kappa shape index (κ1) is 16.1. The van der Waals surface area contributed by atoms with E-state index in [9.17, 15) is 18.5 Å². The van der Waals surface area contributed by atoms with Crippen molar-refractivity contribution in [3.8, 4) is 0 Å². The lowest BCUT2D eigenvalue weighted by Gasteiger charge is -2.38. The van der Waals surface area contributed by atoms with Gasteiger partial charge in [0.1, 0.15) is 12.0 Å². The molecule has 0 aliphatic carbocycles. The van der Waals surface area contributed by atoms with E-state index in [1.165, 1.54) is 12.3 Å². The molecule has 0 spiro atoms. The van der Waals surface area contributed by atoms with E-state index in [0.29, 0.717) is 5.75 Å². The number of aromatic nitrogens is 1. The van der Waals surface area contributed by atoms with Crippen LogP contribution >= 0.6 is 0 Å². The Morgan fingerprint density at radius 1 is 1.30 bits per heavy atom. The van der Waals surface area contributed by atoms with Crippen LogP contribution in [0.4, 0.5) is 11.5 Å². The summed E-state index contributed by atoms with van der Waals surface area (Å²) in [6.07, 6.45) is 2.01. The van der Waals surface area contributed by atoms with Crippen LogP contribution in [0.3, 0.4) is 0 Å². The third kappa shape index (κ3) is 3.45. The van der Waals surface area contributed by atoms with Crippen molar-refractivity contribution >= 4 is 21.3 Å². The van der Waals surface area contributed by atoms with Crippen LogP contribution in [0.2, 0.25) is 0 Å². The van der Waals surface area contributed by atoms with Crippen molar-refractivity contribution in [2.45, 2.75) is 19.4 Å². The maximum atomic E-state index is 11.6. The molecule has 9 heteroatoms. The minimum absolute atomic E-state index is 0.000971. The molecule has 2 fully saturated rings. The molecule has 126 valence electrons. The van der Waals surface area contributed by atoms with E-state index in [1.807, 2.05) is 6.92 Å². The van der Waals surface area contributed by atoms with Crippen LogP contribution in [-0.4, -0.2) is 67.0 Å². The largest absolute Gasteiger partial charge is 0.354 e. The Morgan fingerprint density at radius 2 is 2.00 bits per heavy atom. The molecule has 1 unspecified atom stereocenters. The maximum absolute atomic E-state index is 11.6. The van der Waals surface area contributed by atoms with E-state index >= 15 is 0 Å². The van der Waals surface area contributed by atoms with Gasteiger partial charge in [-0.1, -0.05) is 0 Å². The number of nitro groups is 1. The smallest absolute Gasteiger partial charge is 0.287 e. The molecule has 1 aromatic rings. The van der Waals surface area contributed by atoms with E-state index < -0.39 is 14.8 Å². The number of rotatable bonds is 3. The summed E-state index contributed by atoms with van der Waals surface area (Å²) in [7, 11) is -2.86. The van der Waals surface area contributed by atoms with Crippen molar-refractivity contribution in [3.63, 3.8) is 0 Å². The highest BCUT2D eigenvalue weighted by Crippen LogP contribution is 2.24. The average Bonchev–Trinajstić information content (AvgIpc) is 2.87. The second-order valence-corrected chi connectivity index (χ2v) is 8.40. The van der Waals surface area contributed by atoms with Crippen molar-refractivity contribution in [2.75, 3.05) is 42.6 Å². The summed E-state index contributed by atoms with van der Waals surface area (Å²) < 4.78 is 23.2. The van der Waals surface area contributed by atoms with Crippen molar-refractivity contribution in [1.29, 1.82) is 0 Å². The zero-order chi connectivity index (χ0) is 16.6. The Balaban J connectivity index is 1.64. The molecule has 1 atom stereocenters. The lowest BCUT2D eigenvalue weighted by Crippen LogP contribution is -2.51. The highest BCUT2D eigenvalue weighted by atomic mass is 32.2. The summed E-state index contributed by atoms with van der Waals surface area (Å²) in [6.45, 7) is 4.91. The SMILES string of the molecule is Cc1cc([N+](=O)[O-])cnc1N1CCN(C2CCS(=O)(=O)C2)CC1. The Morgan fingerprint density at radius 3 is 2.52 bits per heavy atom. The predicted molar refractivity (Wildman–Crippen MR) is 86.5 cm³/mol. The highest BCUT2D eigenvalue weighted by Gasteiger charge is 2.34. The minimum Gasteiger partial charge on any atom is -0.354 e. The zero-order valence-electron chi connectivity index (χ0n) is 13.0. The van der Waals surface area contributed by atoms with Gasteiger partial charge in [-0.25, -0.2) is 13.4 Å². The summed E-state index contributed by atoms with van der Waals surface area (Å²) >= 11 is 0. The molecular formula is C14H20N4O4S. The first-order chi connectivity index (χ1) is 10.9. The number of sulfone groups is 1. The molecule has 1 aromatic heterocycles. The summed E-state index contributed by atoms with van der Waals surface area (Å²) in [5.41, 5.74) is 0.789. The molecule has 2 saturated heterocycles. The maximum Gasteiger partial charge on any atom is 0.287 e. The average molecular weight is 340 g/mol. The summed E-state index contributed by atoms with van der Waals surface area (Å²) in [4.78, 5) is 18.9. The third-order valence-electron chi connectivity index (χ3n) is 4.59. The number of hydrogen-bond acceptors (Lipinski definition) is 7. The molecule has 3 heterocycles. The van der Waals surface area contributed by atoms with E-state index in [0.717, 1.165) is 44.0 Å². The van der Waals surface area contributed by atoms with E-state index in [1.54, 1.807) is 0 Å². The second-order valence-electron chi connectivity index (χ2n) is 6.17. The van der Waals surface area contributed by atoms with Gasteiger partial charge in [0.2, 0.25) is 0 Å². The van der Waals surface area contributed by atoms with Crippen molar-refractivity contribution in [3.05, 3.63) is 27.9 Å². The van der Waals surface area contributed by atoms with Crippen molar-refractivity contribution < 1.29 is 13.3 Å². The van der Waals surface area contributed by atoms with Crippen LogP contribution in [0.25, 0.3) is 0 Å². The lowest BCUT2D eigenvalue weighted by atomic mass is 10.1. The molecular weight excluding hydrogens is 320 g/mol. The number of nitrogens with zero attached hydrogens (tertiary/aromatic N) is 4. The number of aryl methyl sites for hydroxylation is 1. The van der Waals surface area contributed by atoms with Crippen LogP contribution in [0.1, 0.15) is 12.0 Å². The molecule has 0 N–H and O–H groups in total. The Hall–Kier alpha value is -1.74. The van der Waals surface area contributed by atoms with Gasteiger partial charge in [-0.05, 0) is 18.9 Å². The van der Waals surface area contributed by atoms with Gasteiger partial charge in [-0.2, -0.15) is 0 Å². The molecule has 23 heavy (non-hydrogen) atoms. The summed E-state index contributed by atoms with van der Waals surface area (Å²) in [6, 6.07) is 1.67. The standard InChI is InChI=1S/C14H20N4O4S/c1-11-8-13(18(19)20)9-15-14(11)17-5-3-16(4-6-17)12-2-7-23(21,22)10-12/h8-9,12H,2-7,10H2,1H3. The van der Waals surface area contributed by atoms with E-state index in [-0.39, 0.29) is 17.5 Å². The van der Waals surface area contributed by atoms with Gasteiger partial charge < -0.3 is 4.90 Å². The molecule has 0 saturated carbocycles. The predicted octanol–water partition coefficient (Wildman–Crippen LogP) is 0.607. The van der Waals surface area contributed by atoms with Gasteiger partial charge in [0, 0.05) is 38.3 Å². The molecule has 3 rings (SSSR count). The van der Waals surface area contributed by atoms with Crippen LogP contribution in [0.5, 0.6) is 0 Å².